The molecule has 3 unspecified atom stereocenters. The summed E-state index contributed by atoms with van der Waals surface area (Å²) in [5, 5.41) is 0. The number of halogens is 34. The van der Waals surface area contributed by atoms with Crippen LogP contribution in [0.1, 0.15) is 0 Å². The van der Waals surface area contributed by atoms with Crippen LogP contribution in [0.4, 0.5) is 145 Å². The highest BCUT2D eigenvalue weighted by Gasteiger charge is 2.90. The maximum atomic E-state index is 14.4. The van der Waals surface area contributed by atoms with Crippen LogP contribution < -0.4 is 0 Å². The largest absolute Gasteiger partial charge is 0.483 e. The van der Waals surface area contributed by atoms with E-state index in [4.69, 9.17) is 0 Å². The van der Waals surface area contributed by atoms with Gasteiger partial charge in [-0.15, -0.1) is 0 Å². The van der Waals surface area contributed by atoms with E-state index in [0.29, 0.717) is 0 Å². The number of rotatable bonds is 15. The molecule has 0 aliphatic heterocycles. The molecule has 0 amide bonds. The Morgan fingerprint density at radius 2 is 0.364 bits per heavy atom. The Balaban J connectivity index is 7.84. The summed E-state index contributed by atoms with van der Waals surface area (Å²) in [5.41, 5.74) is 0. The molecule has 4 atom stereocenters. The second kappa shape index (κ2) is 13.8. The molecule has 0 fully saturated rings. The predicted octanol–water partition coefficient (Wildman–Crippen LogP) is 11.1. The first-order valence-corrected chi connectivity index (χ1v) is 11.8. The molecule has 0 radical (unpaired) electrons. The van der Waals surface area contributed by atoms with E-state index in [-0.39, 0.29) is 15.9 Å². The van der Waals surface area contributed by atoms with Gasteiger partial charge in [-0.2, -0.15) is 145 Å². The summed E-state index contributed by atoms with van der Waals surface area (Å²) in [6.07, 6.45) is -95.4. The third-order valence-electron chi connectivity index (χ3n) is 4.95. The van der Waals surface area contributed by atoms with E-state index in [9.17, 15) is 145 Å². The molecule has 39 heteroatoms. The van der Waals surface area contributed by atoms with Gasteiger partial charge < -0.3 is 0 Å². The van der Waals surface area contributed by atoms with Crippen LogP contribution >= 0.6 is 15.9 Å². The van der Waals surface area contributed by atoms with Gasteiger partial charge in [-0.3, -0.25) is 18.9 Å². The van der Waals surface area contributed by atoms with Gasteiger partial charge in [0.1, 0.15) is 0 Å². The van der Waals surface area contributed by atoms with Crippen molar-refractivity contribution in [2.45, 2.75) is 95.8 Å². The molecule has 0 spiro atoms. The minimum atomic E-state index is -9.42. The molecular formula is C16BrF33O5. The zero-order valence-corrected chi connectivity index (χ0v) is 24.5. The second-order valence-corrected chi connectivity index (χ2v) is 9.97. The fraction of sp³-hybridized carbons (Fsp3) is 1.00. The van der Waals surface area contributed by atoms with E-state index in [0.717, 1.165) is 18.9 Å². The lowest BCUT2D eigenvalue weighted by Gasteiger charge is -2.44. The lowest BCUT2D eigenvalue weighted by molar-refractivity contribution is -0.600. The van der Waals surface area contributed by atoms with Crippen molar-refractivity contribution in [3.8, 4) is 0 Å². The Labute approximate surface area is 281 Å². The molecule has 0 aromatic heterocycles. The summed E-state index contributed by atoms with van der Waals surface area (Å²) in [6, 6.07) is 0. The average molecular weight is 979 g/mol. The molecule has 0 bridgehead atoms. The van der Waals surface area contributed by atoms with E-state index >= 15 is 0 Å². The lowest BCUT2D eigenvalue weighted by Crippen LogP contribution is -2.72. The maximum absolute atomic E-state index is 14.4. The maximum Gasteiger partial charge on any atom is 0.483 e. The molecule has 332 valence electrons. The van der Waals surface area contributed by atoms with Gasteiger partial charge in [-0.1, -0.05) is 0 Å². The standard InChI is InChI=1S/C16BrF33O5/c17-5(22,23)15(47,48)54-3(20,8(30,31)32)13(43,44)52-1(18,6(24,25)26)11(39,40)51-2(19,7(27,28)29)12(41,42)53-4(21,9(33,34)35)14(45,46)55-16(49,50)10(36,37)38/t1?,2?,3?,4-/m0/s1. The quantitative estimate of drug-likeness (QED) is 0.121. The molecule has 0 rings (SSSR count). The van der Waals surface area contributed by atoms with E-state index in [2.05, 4.69) is 0 Å². The fourth-order valence-electron chi connectivity index (χ4n) is 2.37. The van der Waals surface area contributed by atoms with Gasteiger partial charge >= 0.3 is 95.8 Å². The Bertz CT molecular complexity index is 1340. The Hall–Kier alpha value is -2.03. The third-order valence-corrected chi connectivity index (χ3v) is 5.41. The van der Waals surface area contributed by atoms with Gasteiger partial charge in [0.15, 0.2) is 0 Å². The van der Waals surface area contributed by atoms with Gasteiger partial charge in [0, 0.05) is 15.9 Å². The summed E-state index contributed by atoms with van der Waals surface area (Å²) < 4.78 is 443. The normalized spacial score (nSPS) is 20.4. The van der Waals surface area contributed by atoms with Gasteiger partial charge in [0.2, 0.25) is 0 Å². The molecule has 0 saturated heterocycles. The Kier molecular flexibility index (Phi) is 13.3. The monoisotopic (exact) mass is 978 g/mol. The van der Waals surface area contributed by atoms with Crippen molar-refractivity contribution in [1.29, 1.82) is 0 Å². The summed E-state index contributed by atoms with van der Waals surface area (Å²) in [6.45, 7) is 0. The Morgan fingerprint density at radius 1 is 0.200 bits per heavy atom. The van der Waals surface area contributed by atoms with Crippen LogP contribution in [0.2, 0.25) is 0 Å². The molecule has 0 aliphatic carbocycles. The lowest BCUT2D eigenvalue weighted by atomic mass is 10.2. The van der Waals surface area contributed by atoms with Crippen LogP contribution in [-0.2, 0) is 23.7 Å². The van der Waals surface area contributed by atoms with Crippen LogP contribution in [-0.4, -0.2) is 95.8 Å². The van der Waals surface area contributed by atoms with E-state index < -0.39 is 95.8 Å². The highest BCUT2D eigenvalue weighted by atomic mass is 79.9. The number of alkyl halides is 34. The van der Waals surface area contributed by atoms with Crippen molar-refractivity contribution >= 4 is 15.9 Å². The van der Waals surface area contributed by atoms with Crippen molar-refractivity contribution in [2.24, 2.45) is 0 Å². The van der Waals surface area contributed by atoms with Crippen LogP contribution in [0.15, 0.2) is 0 Å². The van der Waals surface area contributed by atoms with Gasteiger partial charge in [-0.25, -0.2) is 4.74 Å². The molecule has 0 aromatic carbocycles. The minimum Gasteiger partial charge on any atom is -0.263 e. The topological polar surface area (TPSA) is 46.2 Å². The molecule has 55 heavy (non-hydrogen) atoms. The van der Waals surface area contributed by atoms with E-state index in [1.165, 1.54) is 4.74 Å². The molecular weight excluding hydrogens is 979 g/mol. The first kappa shape index (κ1) is 53.0. The van der Waals surface area contributed by atoms with Crippen LogP contribution in [0.3, 0.4) is 0 Å². The zero-order chi connectivity index (χ0) is 45.5. The fourth-order valence-corrected chi connectivity index (χ4v) is 2.46. The number of hydrogen-bond acceptors (Lipinski definition) is 5. The average Bonchev–Trinajstić information content (AvgIpc) is 2.82. The van der Waals surface area contributed by atoms with E-state index in [1.807, 2.05) is 0 Å². The number of ether oxygens (including phenoxy) is 5. The molecule has 5 nitrogen and oxygen atoms in total. The first-order valence-electron chi connectivity index (χ1n) is 11.0. The predicted molar refractivity (Wildman–Crippen MR) is 94.6 cm³/mol. The van der Waals surface area contributed by atoms with Gasteiger partial charge in [0.05, 0.1) is 0 Å². The minimum absolute atomic E-state index is 0.257. The first-order chi connectivity index (χ1) is 23.0. The number of hydrogen-bond donors (Lipinski definition) is 0. The van der Waals surface area contributed by atoms with Crippen molar-refractivity contribution in [1.82, 2.24) is 0 Å². The van der Waals surface area contributed by atoms with Crippen LogP contribution in [0.25, 0.3) is 0 Å². The molecule has 0 N–H and O–H groups in total. The van der Waals surface area contributed by atoms with Crippen LogP contribution in [0.5, 0.6) is 0 Å². The molecule has 0 saturated carbocycles. The molecule has 0 heterocycles. The summed E-state index contributed by atoms with van der Waals surface area (Å²) in [4.78, 5) is -6.68. The van der Waals surface area contributed by atoms with E-state index in [1.54, 1.807) is 0 Å². The van der Waals surface area contributed by atoms with Crippen molar-refractivity contribution in [3.05, 3.63) is 0 Å². The highest BCUT2D eigenvalue weighted by Crippen LogP contribution is 2.62. The van der Waals surface area contributed by atoms with Crippen molar-refractivity contribution in [2.75, 3.05) is 0 Å². The summed E-state index contributed by atoms with van der Waals surface area (Å²) >= 11 is 0.257. The SMILES string of the molecule is FC(F)(F)C(F)(F)OC(F)(F)[C@@](F)(OC(F)(F)C(F)(OC(F)(F)C(F)(OC(F)(F)C(F)(OC(F)(F)C(F)(F)Br)C(F)(F)F)C(F)(F)F)C(F)(F)F)C(F)(F)F. The smallest absolute Gasteiger partial charge is 0.263 e. The third kappa shape index (κ3) is 9.32. The van der Waals surface area contributed by atoms with Gasteiger partial charge in [0.25, 0.3) is 0 Å². The highest BCUT2D eigenvalue weighted by molar-refractivity contribution is 9.10. The van der Waals surface area contributed by atoms with Crippen LogP contribution in [0, 0.1) is 0 Å². The second-order valence-electron chi connectivity index (χ2n) is 8.98. The summed E-state index contributed by atoms with van der Waals surface area (Å²) in [5.74, 6) is -36.5. The molecule has 0 aliphatic rings. The molecule has 0 aromatic rings. The summed E-state index contributed by atoms with van der Waals surface area (Å²) in [7, 11) is 0. The Morgan fingerprint density at radius 3 is 0.509 bits per heavy atom. The van der Waals surface area contributed by atoms with Crippen molar-refractivity contribution in [3.63, 3.8) is 0 Å². The van der Waals surface area contributed by atoms with Gasteiger partial charge in [-0.05, 0) is 0 Å². The van der Waals surface area contributed by atoms with Crippen molar-refractivity contribution < 1.29 is 169 Å². The zero-order valence-electron chi connectivity index (χ0n) is 22.9.